The Morgan fingerprint density at radius 1 is 1.38 bits per heavy atom. The van der Waals surface area contributed by atoms with Gasteiger partial charge in [-0.1, -0.05) is 30.3 Å². The predicted molar refractivity (Wildman–Crippen MR) is 56.3 cm³/mol. The van der Waals surface area contributed by atoms with E-state index in [2.05, 4.69) is 0 Å². The molecule has 0 spiro atoms. The number of amides is 1. The molecule has 2 aliphatic heterocycles. The molecule has 82 valence electrons. The van der Waals surface area contributed by atoms with Crippen LogP contribution in [0.3, 0.4) is 0 Å². The first-order valence-electron chi connectivity index (χ1n) is 5.17. The van der Waals surface area contributed by atoms with E-state index in [1.54, 1.807) is 6.20 Å². The number of carbonyl (C=O) groups is 1. The molecule has 0 saturated carbocycles. The van der Waals surface area contributed by atoms with Gasteiger partial charge in [-0.05, 0) is 11.6 Å². The lowest BCUT2D eigenvalue weighted by Crippen LogP contribution is -2.27. The van der Waals surface area contributed by atoms with Crippen LogP contribution < -0.4 is 0 Å². The Labute approximate surface area is 93.1 Å². The molecule has 2 aliphatic rings. The minimum absolute atomic E-state index is 0.0873. The summed E-state index contributed by atoms with van der Waals surface area (Å²) in [7, 11) is 0. The summed E-state index contributed by atoms with van der Waals surface area (Å²) in [5, 5.41) is 0. The van der Waals surface area contributed by atoms with E-state index in [-0.39, 0.29) is 18.4 Å². The van der Waals surface area contributed by atoms with Crippen LogP contribution in [0.1, 0.15) is 5.56 Å². The van der Waals surface area contributed by atoms with Crippen LogP contribution in [0.25, 0.3) is 0 Å². The lowest BCUT2D eigenvalue weighted by atomic mass is 10.2. The molecule has 3 rings (SSSR count). The van der Waals surface area contributed by atoms with Gasteiger partial charge in [0.2, 0.25) is 0 Å². The van der Waals surface area contributed by atoms with Gasteiger partial charge in [0.05, 0.1) is 0 Å². The number of rotatable bonds is 2. The molecule has 0 N–H and O–H groups in total. The first-order valence-corrected chi connectivity index (χ1v) is 5.17. The van der Waals surface area contributed by atoms with Crippen LogP contribution in [-0.2, 0) is 16.1 Å². The highest BCUT2D eigenvalue weighted by atomic mass is 16.6. The quantitative estimate of drug-likeness (QED) is 0.710. The summed E-state index contributed by atoms with van der Waals surface area (Å²) in [4.78, 5) is 13.1. The second kappa shape index (κ2) is 3.64. The van der Waals surface area contributed by atoms with Crippen molar-refractivity contribution in [3.63, 3.8) is 0 Å². The Balaban J connectivity index is 1.56. The second-order valence-electron chi connectivity index (χ2n) is 3.78. The van der Waals surface area contributed by atoms with Crippen molar-refractivity contribution in [3.8, 4) is 0 Å². The second-order valence-corrected chi connectivity index (χ2v) is 3.78. The summed E-state index contributed by atoms with van der Waals surface area (Å²) in [6.07, 6.45) is 3.18. The summed E-state index contributed by atoms with van der Waals surface area (Å²) >= 11 is 0. The largest absolute Gasteiger partial charge is 0.444 e. The van der Waals surface area contributed by atoms with Crippen molar-refractivity contribution >= 4 is 6.09 Å². The lowest BCUT2D eigenvalue weighted by molar-refractivity contribution is 0.0966. The molecule has 0 bridgehead atoms. The van der Waals surface area contributed by atoms with Crippen molar-refractivity contribution in [1.29, 1.82) is 0 Å². The fourth-order valence-electron chi connectivity index (χ4n) is 1.70. The third-order valence-electron chi connectivity index (χ3n) is 2.63. The van der Waals surface area contributed by atoms with Crippen LogP contribution >= 0.6 is 0 Å². The predicted octanol–water partition coefficient (Wildman–Crippen LogP) is 1.88. The van der Waals surface area contributed by atoms with E-state index in [0.717, 1.165) is 5.56 Å². The zero-order valence-electron chi connectivity index (χ0n) is 8.58. The van der Waals surface area contributed by atoms with Crippen LogP contribution in [0, 0.1) is 0 Å². The Morgan fingerprint density at radius 2 is 2.19 bits per heavy atom. The number of carbonyl (C=O) groups excluding carboxylic acids is 1. The van der Waals surface area contributed by atoms with Gasteiger partial charge in [-0.25, -0.2) is 4.79 Å². The highest BCUT2D eigenvalue weighted by molar-refractivity contribution is 5.70. The van der Waals surface area contributed by atoms with Gasteiger partial charge in [0.1, 0.15) is 12.7 Å². The molecule has 2 heterocycles. The average molecular weight is 217 g/mol. The molecule has 1 aromatic rings. The number of hydrogen-bond donors (Lipinski definition) is 0. The van der Waals surface area contributed by atoms with Crippen LogP contribution in [-0.4, -0.2) is 23.3 Å². The van der Waals surface area contributed by atoms with E-state index in [1.807, 2.05) is 36.4 Å². The number of hydrogen-bond acceptors (Lipinski definition) is 3. The maximum Gasteiger partial charge on any atom is 0.416 e. The van der Waals surface area contributed by atoms with E-state index in [1.165, 1.54) is 4.90 Å². The summed E-state index contributed by atoms with van der Waals surface area (Å²) < 4.78 is 10.3. The van der Waals surface area contributed by atoms with Crippen molar-refractivity contribution in [1.82, 2.24) is 4.90 Å². The van der Waals surface area contributed by atoms with Crippen molar-refractivity contribution < 1.29 is 14.3 Å². The van der Waals surface area contributed by atoms with E-state index >= 15 is 0 Å². The van der Waals surface area contributed by atoms with E-state index < -0.39 is 0 Å². The fourth-order valence-corrected chi connectivity index (χ4v) is 1.70. The third kappa shape index (κ3) is 1.67. The normalized spacial score (nSPS) is 25.4. The fraction of sp³-hybridized carbons (Fsp3) is 0.250. The molecule has 16 heavy (non-hydrogen) atoms. The van der Waals surface area contributed by atoms with Crippen LogP contribution in [0.4, 0.5) is 4.79 Å². The Kier molecular flexibility index (Phi) is 2.15. The topological polar surface area (TPSA) is 42.1 Å². The zero-order chi connectivity index (χ0) is 11.0. The summed E-state index contributed by atoms with van der Waals surface area (Å²) in [6, 6.07) is 9.60. The molecule has 1 saturated heterocycles. The van der Waals surface area contributed by atoms with Gasteiger partial charge in [-0.3, -0.25) is 4.90 Å². The number of ether oxygens (including phenoxy) is 2. The standard InChI is InChI=1S/C12H11NO3/c14-12(13-7-6-10-11(13)16-10)15-8-9-4-2-1-3-5-9/h1-7,10-11H,8H2. The summed E-state index contributed by atoms with van der Waals surface area (Å²) in [5.74, 6) is 0. The first kappa shape index (κ1) is 9.42. The average Bonchev–Trinajstić information content (AvgIpc) is 2.99. The van der Waals surface area contributed by atoms with Crippen molar-refractivity contribution in [2.24, 2.45) is 0 Å². The van der Waals surface area contributed by atoms with E-state index in [9.17, 15) is 4.79 Å². The molecule has 0 aromatic heterocycles. The van der Waals surface area contributed by atoms with Gasteiger partial charge in [-0.2, -0.15) is 0 Å². The number of epoxide rings is 1. The molecule has 4 nitrogen and oxygen atoms in total. The van der Waals surface area contributed by atoms with Gasteiger partial charge >= 0.3 is 6.09 Å². The SMILES string of the molecule is O=C(OCc1ccccc1)N1C=CC2OC21. The monoisotopic (exact) mass is 217 g/mol. The Morgan fingerprint density at radius 3 is 2.81 bits per heavy atom. The Hall–Kier alpha value is -1.81. The van der Waals surface area contributed by atoms with Gasteiger partial charge in [0.15, 0.2) is 6.23 Å². The third-order valence-corrected chi connectivity index (χ3v) is 2.63. The molecule has 2 atom stereocenters. The van der Waals surface area contributed by atoms with Gasteiger partial charge in [0.25, 0.3) is 0 Å². The minimum atomic E-state index is -0.356. The highest BCUT2D eigenvalue weighted by Crippen LogP contribution is 2.33. The van der Waals surface area contributed by atoms with Crippen molar-refractivity contribution in [2.75, 3.05) is 0 Å². The van der Waals surface area contributed by atoms with Crippen LogP contribution in [0.5, 0.6) is 0 Å². The molecular formula is C12H11NO3. The van der Waals surface area contributed by atoms with Crippen molar-refractivity contribution in [2.45, 2.75) is 18.9 Å². The van der Waals surface area contributed by atoms with E-state index in [0.29, 0.717) is 6.61 Å². The molecule has 0 radical (unpaired) electrons. The number of benzene rings is 1. The molecule has 1 amide bonds. The molecular weight excluding hydrogens is 206 g/mol. The maximum atomic E-state index is 11.6. The molecule has 1 fully saturated rings. The van der Waals surface area contributed by atoms with Gasteiger partial charge in [-0.15, -0.1) is 0 Å². The lowest BCUT2D eigenvalue weighted by Gasteiger charge is -2.13. The van der Waals surface area contributed by atoms with Crippen molar-refractivity contribution in [3.05, 3.63) is 48.2 Å². The van der Waals surface area contributed by atoms with Gasteiger partial charge in [0, 0.05) is 6.20 Å². The number of fused-ring (bicyclic) bond motifs is 1. The Bertz CT molecular complexity index is 429. The maximum absolute atomic E-state index is 11.6. The zero-order valence-corrected chi connectivity index (χ0v) is 8.58. The molecule has 0 aliphatic carbocycles. The molecule has 2 unspecified atom stereocenters. The van der Waals surface area contributed by atoms with Crippen LogP contribution in [0.15, 0.2) is 42.6 Å². The summed E-state index contributed by atoms with van der Waals surface area (Å²) in [6.45, 7) is 0.293. The molecule has 1 aromatic carbocycles. The van der Waals surface area contributed by atoms with Gasteiger partial charge < -0.3 is 9.47 Å². The van der Waals surface area contributed by atoms with Crippen LogP contribution in [0.2, 0.25) is 0 Å². The molecule has 4 heteroatoms. The van der Waals surface area contributed by atoms with E-state index in [4.69, 9.17) is 9.47 Å². The highest BCUT2D eigenvalue weighted by Gasteiger charge is 2.48. The smallest absolute Gasteiger partial charge is 0.416 e. The number of nitrogens with zero attached hydrogens (tertiary/aromatic N) is 1. The first-order chi connectivity index (χ1) is 7.84. The minimum Gasteiger partial charge on any atom is -0.444 e. The summed E-state index contributed by atoms with van der Waals surface area (Å²) in [5.41, 5.74) is 0.979.